The number of fused-ring (bicyclic) bond motifs is 1. The summed E-state index contributed by atoms with van der Waals surface area (Å²) in [6.45, 7) is 3.67. The molecule has 3 heterocycles. The summed E-state index contributed by atoms with van der Waals surface area (Å²) in [6.07, 6.45) is 5.04. The smallest absolute Gasteiger partial charge is 0.329 e. The molecule has 3 rings (SSSR count). The van der Waals surface area contributed by atoms with Gasteiger partial charge in [-0.15, -0.1) is 0 Å². The summed E-state index contributed by atoms with van der Waals surface area (Å²) in [5.41, 5.74) is 1.73. The Bertz CT molecular complexity index is 781. The van der Waals surface area contributed by atoms with E-state index in [2.05, 4.69) is 15.0 Å². The third-order valence-corrected chi connectivity index (χ3v) is 3.17. The van der Waals surface area contributed by atoms with E-state index < -0.39 is 0 Å². The summed E-state index contributed by atoms with van der Waals surface area (Å²) in [5, 5.41) is 10.1. The van der Waals surface area contributed by atoms with Crippen molar-refractivity contribution < 1.29 is 5.11 Å². The number of allylic oxidation sites excluding steroid dienone is 1. The normalized spacial score (nSPS) is 15.2. The summed E-state index contributed by atoms with van der Waals surface area (Å²) < 4.78 is 1.31. The van der Waals surface area contributed by atoms with Gasteiger partial charge in [-0.05, 0) is 32.1 Å². The first-order chi connectivity index (χ1) is 9.58. The van der Waals surface area contributed by atoms with E-state index in [4.69, 9.17) is 0 Å². The van der Waals surface area contributed by atoms with Crippen molar-refractivity contribution in [2.75, 3.05) is 0 Å². The first kappa shape index (κ1) is 12.4. The number of nitrogens with one attached hydrogen (secondary N) is 1. The SMILES string of the molecule is CC(C)n1c(O)c(C=C2C=Nc3ncccc32)[nH]c1=O. The molecule has 6 heteroatoms. The average Bonchev–Trinajstić information content (AvgIpc) is 2.93. The third-order valence-electron chi connectivity index (χ3n) is 3.17. The Balaban J connectivity index is 2.10. The number of hydrogen-bond acceptors (Lipinski definition) is 4. The van der Waals surface area contributed by atoms with E-state index in [1.54, 1.807) is 18.5 Å². The largest absolute Gasteiger partial charge is 0.493 e. The van der Waals surface area contributed by atoms with Gasteiger partial charge in [-0.25, -0.2) is 14.8 Å². The predicted molar refractivity (Wildman–Crippen MR) is 77.4 cm³/mol. The number of aromatic nitrogens is 3. The molecule has 0 spiro atoms. The Morgan fingerprint density at radius 1 is 1.45 bits per heavy atom. The Kier molecular flexibility index (Phi) is 2.78. The van der Waals surface area contributed by atoms with E-state index in [1.165, 1.54) is 4.57 Å². The highest BCUT2D eigenvalue weighted by Crippen LogP contribution is 2.31. The summed E-state index contributed by atoms with van der Waals surface area (Å²) in [6, 6.07) is 3.61. The van der Waals surface area contributed by atoms with Gasteiger partial charge in [0.2, 0.25) is 5.88 Å². The predicted octanol–water partition coefficient (Wildman–Crippen LogP) is 2.11. The molecule has 102 valence electrons. The molecule has 6 nitrogen and oxygen atoms in total. The minimum Gasteiger partial charge on any atom is -0.493 e. The molecule has 0 aliphatic carbocycles. The first-order valence-electron chi connectivity index (χ1n) is 6.32. The van der Waals surface area contributed by atoms with Gasteiger partial charge in [0, 0.05) is 29.6 Å². The molecular formula is C14H14N4O2. The van der Waals surface area contributed by atoms with E-state index in [-0.39, 0.29) is 17.6 Å². The Morgan fingerprint density at radius 2 is 2.25 bits per heavy atom. The van der Waals surface area contributed by atoms with Crippen LogP contribution >= 0.6 is 0 Å². The number of aliphatic imine (C=N–C) groups is 1. The number of pyridine rings is 1. The Labute approximate surface area is 115 Å². The molecule has 20 heavy (non-hydrogen) atoms. The second-order valence-corrected chi connectivity index (χ2v) is 4.86. The van der Waals surface area contributed by atoms with Crippen molar-refractivity contribution in [3.8, 4) is 5.88 Å². The maximum absolute atomic E-state index is 11.8. The quantitative estimate of drug-likeness (QED) is 0.876. The highest BCUT2D eigenvalue weighted by Gasteiger charge is 2.17. The average molecular weight is 270 g/mol. The van der Waals surface area contributed by atoms with Gasteiger partial charge in [0.25, 0.3) is 0 Å². The molecule has 1 aliphatic heterocycles. The highest BCUT2D eigenvalue weighted by atomic mass is 16.3. The van der Waals surface area contributed by atoms with E-state index in [0.29, 0.717) is 11.5 Å². The lowest BCUT2D eigenvalue weighted by Gasteiger charge is -2.05. The topological polar surface area (TPSA) is 83.3 Å². The van der Waals surface area contributed by atoms with Gasteiger partial charge in [-0.2, -0.15) is 0 Å². The van der Waals surface area contributed by atoms with Crippen LogP contribution in [-0.4, -0.2) is 25.9 Å². The van der Waals surface area contributed by atoms with Crippen molar-refractivity contribution in [3.63, 3.8) is 0 Å². The molecule has 0 unspecified atom stereocenters. The molecule has 0 atom stereocenters. The molecule has 2 N–H and O–H groups in total. The molecule has 0 saturated carbocycles. The highest BCUT2D eigenvalue weighted by molar-refractivity contribution is 6.20. The number of nitrogens with zero attached hydrogens (tertiary/aromatic N) is 3. The zero-order valence-electron chi connectivity index (χ0n) is 11.2. The van der Waals surface area contributed by atoms with Crippen LogP contribution in [0.25, 0.3) is 11.6 Å². The maximum atomic E-state index is 11.8. The second-order valence-electron chi connectivity index (χ2n) is 4.86. The van der Waals surface area contributed by atoms with Gasteiger partial charge < -0.3 is 10.1 Å². The minimum atomic E-state index is -0.328. The summed E-state index contributed by atoms with van der Waals surface area (Å²) in [7, 11) is 0. The number of H-pyrrole nitrogens is 1. The minimum absolute atomic E-state index is 0.0664. The number of aromatic hydroxyl groups is 1. The lowest BCUT2D eigenvalue weighted by atomic mass is 10.1. The zero-order valence-corrected chi connectivity index (χ0v) is 11.2. The second kappa shape index (κ2) is 4.48. The number of imidazole rings is 1. The van der Waals surface area contributed by atoms with Crippen molar-refractivity contribution >= 4 is 23.7 Å². The van der Waals surface area contributed by atoms with Crippen LogP contribution in [0.15, 0.2) is 28.1 Å². The number of hydrogen-bond donors (Lipinski definition) is 2. The van der Waals surface area contributed by atoms with Crippen molar-refractivity contribution in [1.82, 2.24) is 14.5 Å². The van der Waals surface area contributed by atoms with E-state index in [9.17, 15) is 9.90 Å². The molecule has 0 amide bonds. The van der Waals surface area contributed by atoms with Crippen LogP contribution in [0.3, 0.4) is 0 Å². The fourth-order valence-electron chi connectivity index (χ4n) is 2.23. The van der Waals surface area contributed by atoms with Gasteiger partial charge in [-0.3, -0.25) is 4.57 Å². The molecule has 2 aromatic rings. The van der Waals surface area contributed by atoms with E-state index in [0.717, 1.165) is 11.1 Å². The zero-order chi connectivity index (χ0) is 14.3. The third kappa shape index (κ3) is 1.85. The fourth-order valence-corrected chi connectivity index (χ4v) is 2.23. The van der Waals surface area contributed by atoms with Crippen molar-refractivity contribution in [1.29, 1.82) is 0 Å². The van der Waals surface area contributed by atoms with Crippen LogP contribution in [0, 0.1) is 0 Å². The van der Waals surface area contributed by atoms with Crippen LogP contribution in [0.2, 0.25) is 0 Å². The lowest BCUT2D eigenvalue weighted by molar-refractivity contribution is 0.395. The van der Waals surface area contributed by atoms with Gasteiger partial charge >= 0.3 is 5.69 Å². The molecule has 0 radical (unpaired) electrons. The van der Waals surface area contributed by atoms with Gasteiger partial charge in [-0.1, -0.05) is 0 Å². The van der Waals surface area contributed by atoms with Crippen LogP contribution in [0.4, 0.5) is 5.82 Å². The standard InChI is InChI=1S/C14H14N4O2/c1-8(2)18-13(19)11(17-14(18)20)6-9-7-16-12-10(9)4-3-5-15-12/h3-8,19H,1-2H3,(H,17,20). The number of aromatic amines is 1. The van der Waals surface area contributed by atoms with Crippen molar-refractivity contribution in [2.45, 2.75) is 19.9 Å². The monoisotopic (exact) mass is 270 g/mol. The van der Waals surface area contributed by atoms with Crippen molar-refractivity contribution in [3.05, 3.63) is 40.1 Å². The molecule has 1 aliphatic rings. The first-order valence-corrected chi connectivity index (χ1v) is 6.32. The summed E-state index contributed by atoms with van der Waals surface area (Å²) in [5.74, 6) is 0.576. The molecule has 2 aromatic heterocycles. The lowest BCUT2D eigenvalue weighted by Crippen LogP contribution is -2.18. The van der Waals surface area contributed by atoms with Crippen LogP contribution < -0.4 is 5.69 Å². The van der Waals surface area contributed by atoms with Gasteiger partial charge in [0.05, 0.1) is 0 Å². The Hall–Kier alpha value is -2.63. The molecule has 0 fully saturated rings. The van der Waals surface area contributed by atoms with E-state index in [1.807, 2.05) is 26.0 Å². The van der Waals surface area contributed by atoms with Crippen LogP contribution in [0.5, 0.6) is 5.88 Å². The Morgan fingerprint density at radius 3 is 2.95 bits per heavy atom. The number of rotatable bonds is 2. The molecule has 0 bridgehead atoms. The van der Waals surface area contributed by atoms with Gasteiger partial charge in [0.1, 0.15) is 5.69 Å². The summed E-state index contributed by atoms with van der Waals surface area (Å²) >= 11 is 0. The summed E-state index contributed by atoms with van der Waals surface area (Å²) in [4.78, 5) is 22.8. The van der Waals surface area contributed by atoms with E-state index >= 15 is 0 Å². The molecule has 0 saturated heterocycles. The van der Waals surface area contributed by atoms with Crippen LogP contribution in [0.1, 0.15) is 31.1 Å². The maximum Gasteiger partial charge on any atom is 0.329 e. The van der Waals surface area contributed by atoms with Gasteiger partial charge in [0.15, 0.2) is 5.82 Å². The van der Waals surface area contributed by atoms with Crippen LogP contribution in [-0.2, 0) is 0 Å². The van der Waals surface area contributed by atoms with Crippen molar-refractivity contribution in [2.24, 2.45) is 4.99 Å². The fraction of sp³-hybridized carbons (Fsp3) is 0.214. The molecule has 0 aromatic carbocycles. The molecular weight excluding hydrogens is 256 g/mol.